The number of amides is 2. The summed E-state index contributed by atoms with van der Waals surface area (Å²) >= 11 is 0. The first kappa shape index (κ1) is 19.8. The average Bonchev–Trinajstić information content (AvgIpc) is 2.94. The molecule has 2 aromatic rings. The Kier molecular flexibility index (Phi) is 5.35. The summed E-state index contributed by atoms with van der Waals surface area (Å²) in [5.74, 6) is -1.96. The van der Waals surface area contributed by atoms with Gasteiger partial charge in [0.1, 0.15) is 0 Å². The second-order valence-electron chi connectivity index (χ2n) is 7.40. The predicted molar refractivity (Wildman–Crippen MR) is 102 cm³/mol. The third kappa shape index (κ3) is 3.69. The number of aliphatic carboxylic acids is 1. The summed E-state index contributed by atoms with van der Waals surface area (Å²) in [5, 5.41) is 14.2. The first-order valence-electron chi connectivity index (χ1n) is 9.26. The van der Waals surface area contributed by atoms with E-state index < -0.39 is 11.9 Å². The Bertz CT molecular complexity index is 951. The van der Waals surface area contributed by atoms with E-state index in [1.54, 1.807) is 24.8 Å². The van der Waals surface area contributed by atoms with Gasteiger partial charge in [-0.05, 0) is 32.8 Å². The fourth-order valence-corrected chi connectivity index (χ4v) is 3.72. The molecule has 0 radical (unpaired) electrons. The molecule has 1 atom stereocenters. The second-order valence-corrected chi connectivity index (χ2v) is 7.40. The summed E-state index contributed by atoms with van der Waals surface area (Å²) in [6.45, 7) is 4.24. The van der Waals surface area contributed by atoms with Crippen molar-refractivity contribution in [1.82, 2.24) is 24.6 Å². The van der Waals surface area contributed by atoms with Crippen LogP contribution in [0.2, 0.25) is 0 Å². The molecule has 1 N–H and O–H groups in total. The van der Waals surface area contributed by atoms with Crippen LogP contribution in [0.4, 0.5) is 0 Å². The van der Waals surface area contributed by atoms with Gasteiger partial charge in [-0.15, -0.1) is 0 Å². The van der Waals surface area contributed by atoms with Gasteiger partial charge < -0.3 is 14.9 Å². The minimum Gasteiger partial charge on any atom is -0.481 e. The van der Waals surface area contributed by atoms with Gasteiger partial charge in [0, 0.05) is 32.9 Å². The number of rotatable bonds is 4. The third-order valence-corrected chi connectivity index (χ3v) is 5.17. The molecule has 2 aromatic heterocycles. The molecular formula is C19H25N5O4. The molecule has 9 heteroatoms. The second kappa shape index (κ2) is 7.57. The Hall–Kier alpha value is -2.97. The van der Waals surface area contributed by atoms with Gasteiger partial charge >= 0.3 is 5.97 Å². The highest BCUT2D eigenvalue weighted by atomic mass is 16.4. The number of aryl methyl sites for hydroxylation is 3. The Labute approximate surface area is 162 Å². The van der Waals surface area contributed by atoms with Gasteiger partial charge in [-0.1, -0.05) is 0 Å². The lowest BCUT2D eigenvalue weighted by atomic mass is 9.98. The van der Waals surface area contributed by atoms with Crippen LogP contribution in [-0.2, 0) is 16.6 Å². The SMILES string of the molecule is Cc1cc(C(=O)N(C)CC(=O)N2CCCC(C(=O)O)C2)c2c(C)nn(C)c2n1. The van der Waals surface area contributed by atoms with Crippen molar-refractivity contribution in [2.45, 2.75) is 26.7 Å². The van der Waals surface area contributed by atoms with Gasteiger partial charge in [0.15, 0.2) is 5.65 Å². The smallest absolute Gasteiger partial charge is 0.308 e. The monoisotopic (exact) mass is 387 g/mol. The lowest BCUT2D eigenvalue weighted by molar-refractivity contribution is -0.145. The van der Waals surface area contributed by atoms with Gasteiger partial charge in [-0.25, -0.2) is 4.98 Å². The Morgan fingerprint density at radius 3 is 2.71 bits per heavy atom. The number of carbonyl (C=O) groups is 3. The molecule has 0 aromatic carbocycles. The lowest BCUT2D eigenvalue weighted by Gasteiger charge is -2.32. The van der Waals surface area contributed by atoms with Crippen molar-refractivity contribution in [3.8, 4) is 0 Å². The zero-order valence-electron chi connectivity index (χ0n) is 16.6. The molecule has 1 saturated heterocycles. The number of nitrogens with zero attached hydrogens (tertiary/aromatic N) is 5. The van der Waals surface area contributed by atoms with Gasteiger partial charge in [0.05, 0.1) is 29.1 Å². The molecular weight excluding hydrogens is 362 g/mol. The number of hydrogen-bond donors (Lipinski definition) is 1. The molecule has 1 fully saturated rings. The fourth-order valence-electron chi connectivity index (χ4n) is 3.72. The third-order valence-electron chi connectivity index (χ3n) is 5.17. The largest absolute Gasteiger partial charge is 0.481 e. The number of hydrogen-bond acceptors (Lipinski definition) is 5. The van der Waals surface area contributed by atoms with E-state index in [1.165, 1.54) is 9.80 Å². The van der Waals surface area contributed by atoms with Crippen LogP contribution in [0.15, 0.2) is 6.07 Å². The standard InChI is InChI=1S/C19H25N5O4/c1-11-8-14(16-12(2)21-23(4)17(16)20-11)18(26)22(3)10-15(25)24-7-5-6-13(9-24)19(27)28/h8,13H,5-7,9-10H2,1-4H3,(H,27,28). The molecule has 0 aliphatic carbocycles. The molecule has 1 unspecified atom stereocenters. The molecule has 0 spiro atoms. The van der Waals surface area contributed by atoms with Gasteiger partial charge in [0.2, 0.25) is 5.91 Å². The van der Waals surface area contributed by atoms with Crippen molar-refractivity contribution >= 4 is 28.8 Å². The zero-order chi connectivity index (χ0) is 20.6. The van der Waals surface area contributed by atoms with E-state index in [-0.39, 0.29) is 24.9 Å². The molecule has 9 nitrogen and oxygen atoms in total. The maximum atomic E-state index is 13.1. The Balaban J connectivity index is 1.79. The number of piperidine rings is 1. The van der Waals surface area contributed by atoms with Crippen LogP contribution in [0.1, 0.15) is 34.6 Å². The summed E-state index contributed by atoms with van der Waals surface area (Å²) in [6.07, 6.45) is 1.22. The topological polar surface area (TPSA) is 109 Å². The van der Waals surface area contributed by atoms with Crippen LogP contribution in [0.3, 0.4) is 0 Å². The van der Waals surface area contributed by atoms with Crippen LogP contribution >= 0.6 is 0 Å². The molecule has 0 saturated carbocycles. The Morgan fingerprint density at radius 1 is 1.32 bits per heavy atom. The van der Waals surface area contributed by atoms with E-state index in [0.29, 0.717) is 47.4 Å². The minimum atomic E-state index is -0.886. The highest BCUT2D eigenvalue weighted by Gasteiger charge is 2.29. The number of carboxylic acid groups (broad SMARTS) is 1. The fraction of sp³-hybridized carbons (Fsp3) is 0.526. The van der Waals surface area contributed by atoms with Crippen LogP contribution in [0.25, 0.3) is 11.0 Å². The molecule has 1 aliphatic heterocycles. The van der Waals surface area contributed by atoms with E-state index >= 15 is 0 Å². The van der Waals surface area contributed by atoms with Crippen molar-refractivity contribution < 1.29 is 19.5 Å². The number of likely N-dealkylation sites (tertiary alicyclic amines) is 1. The van der Waals surface area contributed by atoms with E-state index in [0.717, 1.165) is 0 Å². The van der Waals surface area contributed by atoms with Crippen LogP contribution in [0.5, 0.6) is 0 Å². The summed E-state index contributed by atoms with van der Waals surface area (Å²) < 4.78 is 1.64. The highest BCUT2D eigenvalue weighted by Crippen LogP contribution is 2.23. The number of carbonyl (C=O) groups excluding carboxylic acids is 2. The molecule has 1 aliphatic rings. The first-order chi connectivity index (χ1) is 13.2. The van der Waals surface area contributed by atoms with E-state index in [4.69, 9.17) is 0 Å². The van der Waals surface area contributed by atoms with Gasteiger partial charge in [-0.3, -0.25) is 19.1 Å². The molecule has 28 heavy (non-hydrogen) atoms. The van der Waals surface area contributed by atoms with E-state index in [1.807, 2.05) is 13.8 Å². The van der Waals surface area contributed by atoms with Crippen LogP contribution < -0.4 is 0 Å². The van der Waals surface area contributed by atoms with Crippen molar-refractivity contribution in [3.63, 3.8) is 0 Å². The summed E-state index contributed by atoms with van der Waals surface area (Å²) in [6, 6.07) is 1.71. The number of likely N-dealkylation sites (N-methyl/N-ethyl adjacent to an activating group) is 1. The first-order valence-corrected chi connectivity index (χ1v) is 9.26. The number of pyridine rings is 1. The number of aromatic nitrogens is 3. The van der Waals surface area contributed by atoms with E-state index in [2.05, 4.69) is 10.1 Å². The normalized spacial score (nSPS) is 17.0. The molecule has 3 rings (SSSR count). The minimum absolute atomic E-state index is 0.104. The van der Waals surface area contributed by atoms with Crippen molar-refractivity contribution in [1.29, 1.82) is 0 Å². The lowest BCUT2D eigenvalue weighted by Crippen LogP contribution is -2.46. The quantitative estimate of drug-likeness (QED) is 0.838. The van der Waals surface area contributed by atoms with Crippen molar-refractivity contribution in [3.05, 3.63) is 23.0 Å². The maximum Gasteiger partial charge on any atom is 0.308 e. The Morgan fingerprint density at radius 2 is 2.04 bits per heavy atom. The van der Waals surface area contributed by atoms with Gasteiger partial charge in [0.25, 0.3) is 5.91 Å². The zero-order valence-corrected chi connectivity index (χ0v) is 16.6. The van der Waals surface area contributed by atoms with Crippen LogP contribution in [-0.4, -0.2) is 74.1 Å². The molecule has 2 amide bonds. The van der Waals surface area contributed by atoms with Crippen LogP contribution in [0, 0.1) is 19.8 Å². The predicted octanol–water partition coefficient (Wildman–Crippen LogP) is 0.980. The van der Waals surface area contributed by atoms with Crippen molar-refractivity contribution in [2.24, 2.45) is 13.0 Å². The molecule has 3 heterocycles. The highest BCUT2D eigenvalue weighted by molar-refractivity contribution is 6.07. The molecule has 0 bridgehead atoms. The molecule has 150 valence electrons. The van der Waals surface area contributed by atoms with Crippen molar-refractivity contribution in [2.75, 3.05) is 26.7 Å². The van der Waals surface area contributed by atoms with E-state index in [9.17, 15) is 19.5 Å². The number of fused-ring (bicyclic) bond motifs is 1. The average molecular weight is 387 g/mol. The number of carboxylic acids is 1. The summed E-state index contributed by atoms with van der Waals surface area (Å²) in [7, 11) is 3.35. The van der Waals surface area contributed by atoms with Gasteiger partial charge in [-0.2, -0.15) is 5.10 Å². The summed E-state index contributed by atoms with van der Waals surface area (Å²) in [4.78, 5) is 44.3. The summed E-state index contributed by atoms with van der Waals surface area (Å²) in [5.41, 5.74) is 2.48. The maximum absolute atomic E-state index is 13.1.